The van der Waals surface area contributed by atoms with Gasteiger partial charge in [-0.25, -0.2) is 18.2 Å². The van der Waals surface area contributed by atoms with Gasteiger partial charge in [-0.05, 0) is 47.5 Å². The number of aromatic nitrogens is 3. The van der Waals surface area contributed by atoms with Gasteiger partial charge in [-0.1, -0.05) is 6.07 Å². The average Bonchev–Trinajstić information content (AvgIpc) is 2.75. The Morgan fingerprint density at radius 1 is 0.839 bits per heavy atom. The summed E-state index contributed by atoms with van der Waals surface area (Å²) >= 11 is 0. The molecule has 0 spiro atoms. The van der Waals surface area contributed by atoms with Crippen molar-refractivity contribution in [3.8, 4) is 22.4 Å². The van der Waals surface area contributed by atoms with Crippen LogP contribution in [0.2, 0.25) is 0 Å². The summed E-state index contributed by atoms with van der Waals surface area (Å²) in [4.78, 5) is 24.9. The number of halogens is 3. The van der Waals surface area contributed by atoms with Crippen molar-refractivity contribution < 1.29 is 18.0 Å². The van der Waals surface area contributed by atoms with Gasteiger partial charge in [-0.15, -0.1) is 0 Å². The monoisotopic (exact) mass is 420 g/mol. The second kappa shape index (κ2) is 8.35. The Hall–Kier alpha value is -4.07. The minimum absolute atomic E-state index is 0.0558. The summed E-state index contributed by atoms with van der Waals surface area (Å²) in [5, 5.41) is 0. The second-order valence-electron chi connectivity index (χ2n) is 6.72. The van der Waals surface area contributed by atoms with E-state index in [2.05, 4.69) is 15.0 Å². The number of pyridine rings is 3. The molecule has 1 aromatic carbocycles. The molecule has 0 radical (unpaired) electrons. The van der Waals surface area contributed by atoms with Crippen LogP contribution in [0, 0.1) is 17.5 Å². The minimum Gasteiger partial charge on any atom is -0.397 e. The van der Waals surface area contributed by atoms with E-state index in [0.717, 1.165) is 18.3 Å². The first kappa shape index (κ1) is 20.2. The van der Waals surface area contributed by atoms with E-state index in [-0.39, 0.29) is 34.6 Å². The van der Waals surface area contributed by atoms with Crippen LogP contribution < -0.4 is 5.73 Å². The lowest BCUT2D eigenvalue weighted by atomic mass is 9.97. The lowest BCUT2D eigenvalue weighted by molar-refractivity contribution is 0.0989. The predicted molar refractivity (Wildman–Crippen MR) is 109 cm³/mol. The van der Waals surface area contributed by atoms with E-state index in [1.165, 1.54) is 42.9 Å². The molecule has 0 bridgehead atoms. The second-order valence-corrected chi connectivity index (χ2v) is 6.72. The van der Waals surface area contributed by atoms with Crippen molar-refractivity contribution in [2.24, 2.45) is 0 Å². The van der Waals surface area contributed by atoms with Gasteiger partial charge in [0.1, 0.15) is 23.1 Å². The number of nitrogens with two attached hydrogens (primary N) is 1. The van der Waals surface area contributed by atoms with Crippen molar-refractivity contribution >= 4 is 11.5 Å². The van der Waals surface area contributed by atoms with Crippen molar-refractivity contribution in [3.05, 3.63) is 96.0 Å². The highest BCUT2D eigenvalue weighted by Gasteiger charge is 2.20. The molecule has 0 unspecified atom stereocenters. The van der Waals surface area contributed by atoms with Gasteiger partial charge in [0.25, 0.3) is 0 Å². The molecule has 0 aliphatic carbocycles. The van der Waals surface area contributed by atoms with Gasteiger partial charge in [0.2, 0.25) is 0 Å². The maximum Gasteiger partial charge on any atom is 0.187 e. The molecule has 0 saturated heterocycles. The van der Waals surface area contributed by atoms with Gasteiger partial charge >= 0.3 is 0 Å². The third kappa shape index (κ3) is 4.00. The topological polar surface area (TPSA) is 81.8 Å². The van der Waals surface area contributed by atoms with Gasteiger partial charge < -0.3 is 5.73 Å². The number of carbonyl (C=O) groups excluding carboxylic acids is 1. The first-order valence-electron chi connectivity index (χ1n) is 9.22. The average molecular weight is 420 g/mol. The van der Waals surface area contributed by atoms with Crippen molar-refractivity contribution in [2.75, 3.05) is 5.73 Å². The van der Waals surface area contributed by atoms with E-state index in [1.54, 1.807) is 6.07 Å². The molecule has 0 fully saturated rings. The van der Waals surface area contributed by atoms with E-state index in [0.29, 0.717) is 11.1 Å². The Bertz CT molecular complexity index is 1270. The zero-order chi connectivity index (χ0) is 22.0. The number of Topliss-reactive ketones (excluding diaryl/α,β-unsaturated/α-hetero) is 1. The van der Waals surface area contributed by atoms with Crippen molar-refractivity contribution in [1.29, 1.82) is 0 Å². The summed E-state index contributed by atoms with van der Waals surface area (Å²) in [5.41, 5.74) is 6.62. The fraction of sp³-hybridized carbons (Fsp3) is 0.0435. The van der Waals surface area contributed by atoms with Crippen LogP contribution in [0.4, 0.5) is 18.9 Å². The first-order valence-corrected chi connectivity index (χ1v) is 9.22. The lowest BCUT2D eigenvalue weighted by Gasteiger charge is -2.11. The molecule has 2 N–H and O–H groups in total. The van der Waals surface area contributed by atoms with E-state index >= 15 is 0 Å². The van der Waals surface area contributed by atoms with E-state index in [9.17, 15) is 18.0 Å². The summed E-state index contributed by atoms with van der Waals surface area (Å²) < 4.78 is 42.5. The van der Waals surface area contributed by atoms with Crippen LogP contribution in [0.15, 0.2) is 67.3 Å². The number of rotatable bonds is 5. The fourth-order valence-corrected chi connectivity index (χ4v) is 3.26. The summed E-state index contributed by atoms with van der Waals surface area (Å²) in [6.45, 7) is 0. The van der Waals surface area contributed by atoms with Crippen LogP contribution in [-0.4, -0.2) is 20.7 Å². The molecular weight excluding hydrogens is 405 g/mol. The van der Waals surface area contributed by atoms with Crippen molar-refractivity contribution in [1.82, 2.24) is 15.0 Å². The van der Waals surface area contributed by atoms with E-state index < -0.39 is 23.2 Å². The van der Waals surface area contributed by atoms with Crippen LogP contribution in [0.25, 0.3) is 22.4 Å². The number of nitrogens with zero attached hydrogens (tertiary/aromatic N) is 3. The molecule has 154 valence electrons. The Kier molecular flexibility index (Phi) is 5.44. The normalized spacial score (nSPS) is 10.8. The summed E-state index contributed by atoms with van der Waals surface area (Å²) in [7, 11) is 0. The molecule has 0 aliphatic rings. The van der Waals surface area contributed by atoms with Crippen molar-refractivity contribution in [2.45, 2.75) is 6.42 Å². The molecule has 0 saturated carbocycles. The van der Waals surface area contributed by atoms with Crippen LogP contribution in [-0.2, 0) is 6.42 Å². The summed E-state index contributed by atoms with van der Waals surface area (Å²) in [5.74, 6) is -2.66. The molecule has 8 heteroatoms. The van der Waals surface area contributed by atoms with Crippen LogP contribution in [0.5, 0.6) is 0 Å². The molecule has 3 aromatic heterocycles. The number of ketones is 1. The molecule has 4 aromatic rings. The standard InChI is InChI=1S/C23H15F3N4O/c24-16-2-1-3-17(25)22(16)20-5-4-19(27)23(30-20)21(31)10-13-11-28-8-6-14(13)15-7-9-29-12-18(15)26/h1-9,11-12H,10,27H2. The number of benzene rings is 1. The number of nitrogen functional groups attached to an aromatic ring is 1. The van der Waals surface area contributed by atoms with Gasteiger partial charge in [0, 0.05) is 30.6 Å². The highest BCUT2D eigenvalue weighted by molar-refractivity contribution is 6.01. The number of carbonyl (C=O) groups is 1. The minimum atomic E-state index is -0.807. The first-order chi connectivity index (χ1) is 15.0. The van der Waals surface area contributed by atoms with Gasteiger partial charge in [0.15, 0.2) is 5.78 Å². The maximum atomic E-state index is 14.2. The zero-order valence-corrected chi connectivity index (χ0v) is 16.0. The Morgan fingerprint density at radius 2 is 1.52 bits per heavy atom. The molecule has 5 nitrogen and oxygen atoms in total. The number of hydrogen-bond acceptors (Lipinski definition) is 5. The van der Waals surface area contributed by atoms with Crippen molar-refractivity contribution in [3.63, 3.8) is 0 Å². The molecule has 31 heavy (non-hydrogen) atoms. The molecular formula is C23H15F3N4O. The van der Waals surface area contributed by atoms with Gasteiger partial charge in [-0.2, -0.15) is 0 Å². The third-order valence-electron chi connectivity index (χ3n) is 4.73. The fourth-order valence-electron chi connectivity index (χ4n) is 3.26. The maximum absolute atomic E-state index is 14.2. The Morgan fingerprint density at radius 3 is 2.23 bits per heavy atom. The molecule has 0 amide bonds. The van der Waals surface area contributed by atoms with E-state index in [1.807, 2.05) is 0 Å². The lowest BCUT2D eigenvalue weighted by Crippen LogP contribution is -2.11. The largest absolute Gasteiger partial charge is 0.397 e. The van der Waals surface area contributed by atoms with Crippen LogP contribution in [0.1, 0.15) is 16.1 Å². The smallest absolute Gasteiger partial charge is 0.187 e. The Labute approximate surface area is 175 Å². The molecule has 4 rings (SSSR count). The van der Waals surface area contributed by atoms with Gasteiger partial charge in [0.05, 0.1) is 23.1 Å². The van der Waals surface area contributed by atoms with Crippen LogP contribution in [0.3, 0.4) is 0 Å². The van der Waals surface area contributed by atoms with Gasteiger partial charge in [-0.3, -0.25) is 14.8 Å². The summed E-state index contributed by atoms with van der Waals surface area (Å²) in [6.07, 6.45) is 5.26. The van der Waals surface area contributed by atoms with E-state index in [4.69, 9.17) is 5.73 Å². The number of hydrogen-bond donors (Lipinski definition) is 1. The quantitative estimate of drug-likeness (QED) is 0.476. The zero-order valence-electron chi connectivity index (χ0n) is 16.0. The molecule has 3 heterocycles. The highest BCUT2D eigenvalue weighted by atomic mass is 19.1. The third-order valence-corrected chi connectivity index (χ3v) is 4.73. The molecule has 0 atom stereocenters. The molecule has 0 aliphatic heterocycles. The predicted octanol–water partition coefficient (Wildman–Crippen LogP) is 4.63. The van der Waals surface area contributed by atoms with Crippen LogP contribution >= 0.6 is 0 Å². The highest BCUT2D eigenvalue weighted by Crippen LogP contribution is 2.28. The SMILES string of the molecule is Nc1ccc(-c2c(F)cccc2F)nc1C(=O)Cc1cnccc1-c1ccncc1F. The Balaban J connectivity index is 1.72. The number of anilines is 1. The summed E-state index contributed by atoms with van der Waals surface area (Å²) in [6, 6.07) is 9.23.